The first-order valence-corrected chi connectivity index (χ1v) is 10.8. The van der Waals surface area contributed by atoms with Crippen molar-refractivity contribution in [3.05, 3.63) is 106 Å². The van der Waals surface area contributed by atoms with Crippen LogP contribution in [0.25, 0.3) is 0 Å². The lowest BCUT2D eigenvalue weighted by atomic mass is 9.78. The van der Waals surface area contributed by atoms with E-state index in [1.165, 1.54) is 0 Å². The Morgan fingerprint density at radius 1 is 1.00 bits per heavy atom. The summed E-state index contributed by atoms with van der Waals surface area (Å²) in [6.45, 7) is 2.03. The van der Waals surface area contributed by atoms with Gasteiger partial charge in [0.2, 0.25) is 0 Å². The molecular formula is C25H22BrNO3. The minimum Gasteiger partial charge on any atom is -0.481 e. The molecule has 3 aromatic rings. The van der Waals surface area contributed by atoms with E-state index in [1.807, 2.05) is 61.5 Å². The highest BCUT2D eigenvalue weighted by atomic mass is 79.9. The SMILES string of the molecule is CCC(c1ccccc1)N1C(=O)c2ccccc2C(C(=O)O)C1c1ccc(Br)cc1. The number of amides is 1. The second-order valence-corrected chi connectivity index (χ2v) is 8.36. The molecule has 3 aromatic carbocycles. The van der Waals surface area contributed by atoms with Crippen LogP contribution in [0.5, 0.6) is 0 Å². The Kier molecular flexibility index (Phi) is 5.73. The third-order valence-corrected chi connectivity index (χ3v) is 6.29. The largest absolute Gasteiger partial charge is 0.481 e. The molecule has 1 aliphatic heterocycles. The fourth-order valence-electron chi connectivity index (χ4n) is 4.44. The molecule has 1 amide bonds. The van der Waals surface area contributed by atoms with Crippen molar-refractivity contribution in [2.75, 3.05) is 0 Å². The van der Waals surface area contributed by atoms with Crippen LogP contribution in [0.2, 0.25) is 0 Å². The highest BCUT2D eigenvalue weighted by Crippen LogP contribution is 2.47. The van der Waals surface area contributed by atoms with Crippen molar-refractivity contribution in [2.24, 2.45) is 0 Å². The van der Waals surface area contributed by atoms with Crippen molar-refractivity contribution in [3.63, 3.8) is 0 Å². The summed E-state index contributed by atoms with van der Waals surface area (Å²) in [4.78, 5) is 28.0. The Labute approximate surface area is 184 Å². The van der Waals surface area contributed by atoms with Gasteiger partial charge in [0.05, 0.1) is 12.1 Å². The standard InChI is InChI=1S/C25H22BrNO3/c1-2-21(16-8-4-3-5-9-16)27-23(17-12-14-18(26)15-13-17)22(25(29)30)19-10-6-7-11-20(19)24(27)28/h3-15,21-23H,2H2,1H3,(H,29,30). The summed E-state index contributed by atoms with van der Waals surface area (Å²) in [5.41, 5.74) is 2.84. The van der Waals surface area contributed by atoms with Crippen LogP contribution in [-0.2, 0) is 4.79 Å². The number of hydrogen-bond donors (Lipinski definition) is 1. The monoisotopic (exact) mass is 463 g/mol. The summed E-state index contributed by atoms with van der Waals surface area (Å²) < 4.78 is 0.905. The Hall–Kier alpha value is -2.92. The first-order chi connectivity index (χ1) is 14.5. The van der Waals surface area contributed by atoms with Gasteiger partial charge in [0.15, 0.2) is 0 Å². The number of carboxylic acid groups (broad SMARTS) is 1. The van der Waals surface area contributed by atoms with E-state index in [0.717, 1.165) is 15.6 Å². The van der Waals surface area contributed by atoms with Crippen LogP contribution < -0.4 is 0 Å². The quantitative estimate of drug-likeness (QED) is 0.507. The predicted molar refractivity (Wildman–Crippen MR) is 119 cm³/mol. The van der Waals surface area contributed by atoms with Gasteiger partial charge in [-0.1, -0.05) is 83.5 Å². The van der Waals surface area contributed by atoms with Gasteiger partial charge in [0, 0.05) is 10.0 Å². The van der Waals surface area contributed by atoms with Crippen molar-refractivity contribution < 1.29 is 14.7 Å². The number of fused-ring (bicyclic) bond motifs is 1. The molecule has 0 aromatic heterocycles. The lowest BCUT2D eigenvalue weighted by Gasteiger charge is -2.45. The van der Waals surface area contributed by atoms with Gasteiger partial charge in [-0.3, -0.25) is 9.59 Å². The van der Waals surface area contributed by atoms with E-state index in [4.69, 9.17) is 0 Å². The molecular weight excluding hydrogens is 442 g/mol. The molecule has 30 heavy (non-hydrogen) atoms. The minimum absolute atomic E-state index is 0.133. The molecule has 4 nitrogen and oxygen atoms in total. The number of carbonyl (C=O) groups excluding carboxylic acids is 1. The van der Waals surface area contributed by atoms with E-state index < -0.39 is 17.9 Å². The van der Waals surface area contributed by atoms with Gasteiger partial charge < -0.3 is 10.0 Å². The number of carboxylic acids is 1. The fraction of sp³-hybridized carbons (Fsp3) is 0.200. The van der Waals surface area contributed by atoms with E-state index in [0.29, 0.717) is 17.5 Å². The maximum absolute atomic E-state index is 13.7. The fourth-order valence-corrected chi connectivity index (χ4v) is 4.71. The molecule has 1 heterocycles. The molecule has 152 valence electrons. The first-order valence-electron chi connectivity index (χ1n) is 9.97. The zero-order valence-corrected chi connectivity index (χ0v) is 18.1. The Morgan fingerprint density at radius 3 is 2.27 bits per heavy atom. The topological polar surface area (TPSA) is 57.6 Å². The van der Waals surface area contributed by atoms with Crippen molar-refractivity contribution >= 4 is 27.8 Å². The van der Waals surface area contributed by atoms with E-state index in [-0.39, 0.29) is 11.9 Å². The van der Waals surface area contributed by atoms with Crippen LogP contribution in [0.3, 0.4) is 0 Å². The molecule has 0 spiro atoms. The van der Waals surface area contributed by atoms with Crippen molar-refractivity contribution in [3.8, 4) is 0 Å². The summed E-state index contributed by atoms with van der Waals surface area (Å²) >= 11 is 3.45. The molecule has 0 saturated heterocycles. The molecule has 0 saturated carbocycles. The zero-order chi connectivity index (χ0) is 21.3. The van der Waals surface area contributed by atoms with Crippen molar-refractivity contribution in [1.29, 1.82) is 0 Å². The third kappa shape index (κ3) is 3.54. The molecule has 0 radical (unpaired) electrons. The minimum atomic E-state index is -0.934. The lowest BCUT2D eigenvalue weighted by molar-refractivity contribution is -0.141. The van der Waals surface area contributed by atoms with Crippen LogP contribution in [-0.4, -0.2) is 21.9 Å². The zero-order valence-electron chi connectivity index (χ0n) is 16.5. The average molecular weight is 464 g/mol. The molecule has 3 unspecified atom stereocenters. The van der Waals surface area contributed by atoms with Gasteiger partial charge in [-0.15, -0.1) is 0 Å². The second kappa shape index (κ2) is 8.44. The average Bonchev–Trinajstić information content (AvgIpc) is 2.76. The summed E-state index contributed by atoms with van der Waals surface area (Å²) in [5, 5.41) is 10.3. The number of carbonyl (C=O) groups is 2. The van der Waals surface area contributed by atoms with Gasteiger partial charge in [0.25, 0.3) is 5.91 Å². The number of benzene rings is 3. The summed E-state index contributed by atoms with van der Waals surface area (Å²) in [5.74, 6) is -1.92. The number of nitrogens with zero attached hydrogens (tertiary/aromatic N) is 1. The van der Waals surface area contributed by atoms with E-state index >= 15 is 0 Å². The molecule has 4 rings (SSSR count). The maximum Gasteiger partial charge on any atom is 0.313 e. The van der Waals surface area contributed by atoms with Gasteiger partial charge in [-0.05, 0) is 41.3 Å². The van der Waals surface area contributed by atoms with Gasteiger partial charge in [-0.2, -0.15) is 0 Å². The predicted octanol–water partition coefficient (Wildman–Crippen LogP) is 5.97. The van der Waals surface area contributed by atoms with Gasteiger partial charge >= 0.3 is 5.97 Å². The summed E-state index contributed by atoms with van der Waals surface area (Å²) in [6.07, 6.45) is 0.678. The van der Waals surface area contributed by atoms with Gasteiger partial charge in [0.1, 0.15) is 5.92 Å². The Morgan fingerprint density at radius 2 is 1.63 bits per heavy atom. The molecule has 0 bridgehead atoms. The molecule has 1 N–H and O–H groups in total. The number of aliphatic carboxylic acids is 1. The molecule has 3 atom stereocenters. The first kappa shape index (κ1) is 20.4. The maximum atomic E-state index is 13.7. The summed E-state index contributed by atoms with van der Waals surface area (Å²) in [7, 11) is 0. The third-order valence-electron chi connectivity index (χ3n) is 5.76. The normalized spacial score (nSPS) is 19.3. The smallest absolute Gasteiger partial charge is 0.313 e. The Balaban J connectivity index is 1.95. The highest BCUT2D eigenvalue weighted by molar-refractivity contribution is 9.10. The molecule has 0 aliphatic carbocycles. The van der Waals surface area contributed by atoms with Crippen LogP contribution in [0.4, 0.5) is 0 Å². The second-order valence-electron chi connectivity index (χ2n) is 7.45. The number of hydrogen-bond acceptors (Lipinski definition) is 2. The van der Waals surface area contributed by atoms with Crippen LogP contribution in [0.15, 0.2) is 83.3 Å². The molecule has 5 heteroatoms. The lowest BCUT2D eigenvalue weighted by Crippen LogP contribution is -2.46. The van der Waals surface area contributed by atoms with Crippen molar-refractivity contribution in [1.82, 2.24) is 4.90 Å². The molecule has 1 aliphatic rings. The van der Waals surface area contributed by atoms with Crippen LogP contribution >= 0.6 is 15.9 Å². The summed E-state index contributed by atoms with van der Waals surface area (Å²) in [6, 6.07) is 23.6. The number of rotatable bonds is 5. The van der Waals surface area contributed by atoms with Crippen LogP contribution in [0, 0.1) is 0 Å². The van der Waals surface area contributed by atoms with Crippen LogP contribution in [0.1, 0.15) is 58.4 Å². The Bertz CT molecular complexity index is 1070. The highest BCUT2D eigenvalue weighted by Gasteiger charge is 2.46. The molecule has 0 fully saturated rings. The van der Waals surface area contributed by atoms with E-state index in [2.05, 4.69) is 15.9 Å². The number of halogens is 1. The van der Waals surface area contributed by atoms with Crippen molar-refractivity contribution in [2.45, 2.75) is 31.3 Å². The van der Waals surface area contributed by atoms with Gasteiger partial charge in [-0.25, -0.2) is 0 Å². The van der Waals surface area contributed by atoms with E-state index in [1.54, 1.807) is 29.2 Å². The van der Waals surface area contributed by atoms with E-state index in [9.17, 15) is 14.7 Å².